The van der Waals surface area contributed by atoms with Crippen LogP contribution < -0.4 is 0 Å². The number of aliphatic imine (C=N–C) groups is 1. The standard InChI is InChI=1S/C18H24N2O3S3/c1-2-3-9-20(15-8-10-26(22,23)13-15)17(21)12-25-18-19-16-7-5-4-6-14(16)11-24-18/h4-7,15H,2-3,8-13H2,1H3. The number of amides is 1. The molecule has 3 rings (SSSR count). The van der Waals surface area contributed by atoms with Crippen LogP contribution in [0.5, 0.6) is 0 Å². The fourth-order valence-corrected chi connectivity index (χ4v) is 6.83. The third-order valence-corrected chi connectivity index (χ3v) is 8.58. The number of nitrogens with zero attached hydrogens (tertiary/aromatic N) is 2. The normalized spacial score (nSPS) is 21.1. The molecule has 0 saturated carbocycles. The largest absolute Gasteiger partial charge is 0.338 e. The summed E-state index contributed by atoms with van der Waals surface area (Å²) in [6.07, 6.45) is 2.44. The van der Waals surface area contributed by atoms with Gasteiger partial charge in [-0.2, -0.15) is 0 Å². The molecule has 0 bridgehead atoms. The van der Waals surface area contributed by atoms with Crippen LogP contribution in [-0.4, -0.2) is 53.4 Å². The lowest BCUT2D eigenvalue weighted by Crippen LogP contribution is -2.42. The molecule has 2 aliphatic rings. The first kappa shape index (κ1) is 19.8. The highest BCUT2D eigenvalue weighted by Gasteiger charge is 2.34. The fourth-order valence-electron chi connectivity index (χ4n) is 3.15. The number of hydrogen-bond acceptors (Lipinski definition) is 6. The predicted octanol–water partition coefficient (Wildman–Crippen LogP) is 3.47. The molecule has 8 heteroatoms. The first-order valence-corrected chi connectivity index (χ1v) is 12.7. The van der Waals surface area contributed by atoms with E-state index in [4.69, 9.17) is 0 Å². The van der Waals surface area contributed by atoms with Crippen molar-refractivity contribution in [2.75, 3.05) is 23.8 Å². The SMILES string of the molecule is CCCCN(C(=O)CSC1=Nc2ccccc2CS1)C1CCS(=O)(=O)C1. The molecule has 5 nitrogen and oxygen atoms in total. The second kappa shape index (κ2) is 8.80. The van der Waals surface area contributed by atoms with Gasteiger partial charge in [0.1, 0.15) is 4.38 Å². The predicted molar refractivity (Wildman–Crippen MR) is 111 cm³/mol. The van der Waals surface area contributed by atoms with Crippen LogP contribution in [0.25, 0.3) is 0 Å². The quantitative estimate of drug-likeness (QED) is 0.716. The summed E-state index contributed by atoms with van der Waals surface area (Å²) in [6.45, 7) is 2.71. The van der Waals surface area contributed by atoms with Gasteiger partial charge in [-0.25, -0.2) is 13.4 Å². The van der Waals surface area contributed by atoms with Gasteiger partial charge in [0.25, 0.3) is 0 Å². The molecule has 0 radical (unpaired) electrons. The number of hydrogen-bond donors (Lipinski definition) is 0. The zero-order chi connectivity index (χ0) is 18.6. The van der Waals surface area contributed by atoms with Gasteiger partial charge in [0.05, 0.1) is 22.9 Å². The lowest BCUT2D eigenvalue weighted by molar-refractivity contribution is -0.130. The molecule has 1 saturated heterocycles. The Kier molecular flexibility index (Phi) is 6.69. The highest BCUT2D eigenvalue weighted by molar-refractivity contribution is 8.38. The minimum atomic E-state index is -3.00. The average Bonchev–Trinajstić information content (AvgIpc) is 2.99. The molecule has 1 aromatic rings. The second-order valence-electron chi connectivity index (χ2n) is 6.58. The van der Waals surface area contributed by atoms with Gasteiger partial charge in [0, 0.05) is 18.3 Å². The summed E-state index contributed by atoms with van der Waals surface area (Å²) in [5.74, 6) is 1.51. The molecule has 1 atom stereocenters. The van der Waals surface area contributed by atoms with Crippen molar-refractivity contribution >= 4 is 49.3 Å². The van der Waals surface area contributed by atoms with E-state index < -0.39 is 9.84 Å². The van der Waals surface area contributed by atoms with E-state index in [9.17, 15) is 13.2 Å². The number of thioether (sulfide) groups is 2. The summed E-state index contributed by atoms with van der Waals surface area (Å²) < 4.78 is 24.5. The van der Waals surface area contributed by atoms with Crippen molar-refractivity contribution in [1.82, 2.24) is 4.90 Å². The second-order valence-corrected chi connectivity index (χ2v) is 11.0. The van der Waals surface area contributed by atoms with Crippen molar-refractivity contribution in [2.45, 2.75) is 38.0 Å². The van der Waals surface area contributed by atoms with Crippen LogP contribution in [0, 0.1) is 0 Å². The molecule has 1 aromatic carbocycles. The molecular weight excluding hydrogens is 388 g/mol. The zero-order valence-electron chi connectivity index (χ0n) is 14.9. The summed E-state index contributed by atoms with van der Waals surface area (Å²) in [5, 5.41) is 0. The Morgan fingerprint density at radius 2 is 2.19 bits per heavy atom. The molecule has 2 aliphatic heterocycles. The molecule has 0 aromatic heterocycles. The van der Waals surface area contributed by atoms with Gasteiger partial charge >= 0.3 is 0 Å². The van der Waals surface area contributed by atoms with E-state index in [-0.39, 0.29) is 23.5 Å². The number of benzene rings is 1. The van der Waals surface area contributed by atoms with Crippen LogP contribution in [-0.2, 0) is 20.4 Å². The van der Waals surface area contributed by atoms with Crippen molar-refractivity contribution in [3.8, 4) is 0 Å². The maximum absolute atomic E-state index is 12.8. The van der Waals surface area contributed by atoms with Crippen LogP contribution in [0.1, 0.15) is 31.7 Å². The maximum atomic E-state index is 12.8. The number of carbonyl (C=O) groups is 1. The Bertz CT molecular complexity index is 793. The Hall–Kier alpha value is -0.990. The Morgan fingerprint density at radius 3 is 2.92 bits per heavy atom. The van der Waals surface area contributed by atoms with Gasteiger partial charge in [-0.15, -0.1) is 0 Å². The molecule has 0 aliphatic carbocycles. The number of carbonyl (C=O) groups excluding carboxylic acids is 1. The first-order valence-electron chi connectivity index (χ1n) is 8.90. The van der Waals surface area contributed by atoms with E-state index in [1.165, 1.54) is 17.3 Å². The summed E-state index contributed by atoms with van der Waals surface area (Å²) in [6, 6.07) is 7.89. The van der Waals surface area contributed by atoms with Gasteiger partial charge in [-0.05, 0) is 24.5 Å². The topological polar surface area (TPSA) is 66.8 Å². The zero-order valence-corrected chi connectivity index (χ0v) is 17.3. The highest BCUT2D eigenvalue weighted by Crippen LogP contribution is 2.34. The fraction of sp³-hybridized carbons (Fsp3) is 0.556. The van der Waals surface area contributed by atoms with E-state index in [1.807, 2.05) is 18.2 Å². The summed E-state index contributed by atoms with van der Waals surface area (Å²) in [5.41, 5.74) is 2.19. The van der Waals surface area contributed by atoms with Crippen molar-refractivity contribution in [1.29, 1.82) is 0 Å². The number of para-hydroxylation sites is 1. The third kappa shape index (κ3) is 5.04. The average molecular weight is 413 g/mol. The Balaban J connectivity index is 1.62. The van der Waals surface area contributed by atoms with E-state index in [1.54, 1.807) is 16.7 Å². The van der Waals surface area contributed by atoms with Gasteiger partial charge in [0.15, 0.2) is 9.84 Å². The van der Waals surface area contributed by atoms with Gasteiger partial charge < -0.3 is 4.90 Å². The molecule has 0 spiro atoms. The van der Waals surface area contributed by atoms with Crippen molar-refractivity contribution < 1.29 is 13.2 Å². The lowest BCUT2D eigenvalue weighted by Gasteiger charge is -2.28. The highest BCUT2D eigenvalue weighted by atomic mass is 32.2. The molecule has 26 heavy (non-hydrogen) atoms. The van der Waals surface area contributed by atoms with Gasteiger partial charge in [0.2, 0.25) is 5.91 Å². The van der Waals surface area contributed by atoms with Crippen LogP contribution in [0.3, 0.4) is 0 Å². The Morgan fingerprint density at radius 1 is 1.38 bits per heavy atom. The summed E-state index contributed by atoms with van der Waals surface area (Å²) >= 11 is 3.12. The molecule has 1 amide bonds. The smallest absolute Gasteiger partial charge is 0.233 e. The van der Waals surface area contributed by atoms with E-state index >= 15 is 0 Å². The monoisotopic (exact) mass is 412 g/mol. The molecular formula is C18H24N2O3S3. The van der Waals surface area contributed by atoms with E-state index in [2.05, 4.69) is 18.0 Å². The molecule has 142 valence electrons. The molecule has 1 unspecified atom stereocenters. The van der Waals surface area contributed by atoms with Crippen molar-refractivity contribution in [2.24, 2.45) is 4.99 Å². The number of sulfone groups is 1. The van der Waals surface area contributed by atoms with Crippen LogP contribution in [0.15, 0.2) is 29.3 Å². The first-order chi connectivity index (χ1) is 12.5. The molecule has 0 N–H and O–H groups in total. The maximum Gasteiger partial charge on any atom is 0.233 e. The summed E-state index contributed by atoms with van der Waals surface area (Å²) in [7, 11) is -3.00. The van der Waals surface area contributed by atoms with Crippen LogP contribution in [0.2, 0.25) is 0 Å². The molecule has 2 heterocycles. The molecule has 1 fully saturated rings. The third-order valence-electron chi connectivity index (χ3n) is 4.60. The lowest BCUT2D eigenvalue weighted by atomic mass is 10.2. The number of rotatable bonds is 6. The van der Waals surface area contributed by atoms with Crippen LogP contribution >= 0.6 is 23.5 Å². The number of fused-ring (bicyclic) bond motifs is 1. The Labute approximate surface area is 163 Å². The summed E-state index contributed by atoms with van der Waals surface area (Å²) in [4.78, 5) is 19.2. The van der Waals surface area contributed by atoms with Crippen molar-refractivity contribution in [3.63, 3.8) is 0 Å². The van der Waals surface area contributed by atoms with Crippen molar-refractivity contribution in [3.05, 3.63) is 29.8 Å². The minimum Gasteiger partial charge on any atom is -0.338 e. The van der Waals surface area contributed by atoms with Gasteiger partial charge in [-0.1, -0.05) is 55.1 Å². The van der Waals surface area contributed by atoms with Crippen LogP contribution in [0.4, 0.5) is 5.69 Å². The minimum absolute atomic E-state index is 0.0210. The van der Waals surface area contributed by atoms with E-state index in [0.717, 1.165) is 28.7 Å². The van der Waals surface area contributed by atoms with Gasteiger partial charge in [-0.3, -0.25) is 4.79 Å². The van der Waals surface area contributed by atoms with E-state index in [0.29, 0.717) is 18.7 Å². The number of unbranched alkanes of at least 4 members (excludes halogenated alkanes) is 1.